The number of nitrogens with zero attached hydrogens (tertiary/aromatic N) is 1. The molecule has 0 aromatic carbocycles. The van der Waals surface area contributed by atoms with Crippen molar-refractivity contribution in [2.45, 2.75) is 31.7 Å². The third-order valence-corrected chi connectivity index (χ3v) is 1.78. The second-order valence-corrected chi connectivity index (χ2v) is 3.12. The molecule has 12 heavy (non-hydrogen) atoms. The zero-order valence-corrected chi connectivity index (χ0v) is 7.29. The Bertz CT molecular complexity index is 154. The molecule has 1 aliphatic rings. The molecule has 1 aliphatic carbocycles. The minimum absolute atomic E-state index is 0.242. The van der Waals surface area contributed by atoms with Gasteiger partial charge in [0.25, 0.3) is 0 Å². The van der Waals surface area contributed by atoms with E-state index in [1.165, 1.54) is 12.8 Å². The summed E-state index contributed by atoms with van der Waals surface area (Å²) in [6.07, 6.45) is 4.14. The highest BCUT2D eigenvalue weighted by Crippen LogP contribution is 2.17. The molecule has 0 bridgehead atoms. The third-order valence-electron chi connectivity index (χ3n) is 1.78. The zero-order chi connectivity index (χ0) is 8.81. The number of aliphatic hydroxyl groups excluding tert-OH is 1. The van der Waals surface area contributed by atoms with E-state index >= 15 is 0 Å². The molecule has 0 spiro atoms. The van der Waals surface area contributed by atoms with Gasteiger partial charge in [0.15, 0.2) is 5.96 Å². The van der Waals surface area contributed by atoms with Crippen molar-refractivity contribution in [3.8, 4) is 0 Å². The number of guanidine groups is 1. The second-order valence-electron chi connectivity index (χ2n) is 3.12. The Morgan fingerprint density at radius 2 is 2.25 bits per heavy atom. The number of nitrogens with two attached hydrogens (primary N) is 1. The van der Waals surface area contributed by atoms with E-state index in [1.54, 1.807) is 0 Å². The summed E-state index contributed by atoms with van der Waals surface area (Å²) in [4.78, 5) is 4.11. The molecular formula is C8H17N3O. The summed E-state index contributed by atoms with van der Waals surface area (Å²) in [6.45, 7) is 0.956. The van der Waals surface area contributed by atoms with E-state index in [2.05, 4.69) is 10.3 Å². The molecule has 0 aliphatic heterocycles. The van der Waals surface area contributed by atoms with Gasteiger partial charge in [-0.15, -0.1) is 0 Å². The largest absolute Gasteiger partial charge is 0.396 e. The lowest BCUT2D eigenvalue weighted by Gasteiger charge is -2.01. The van der Waals surface area contributed by atoms with Crippen molar-refractivity contribution in [2.75, 3.05) is 13.2 Å². The van der Waals surface area contributed by atoms with Gasteiger partial charge in [-0.2, -0.15) is 0 Å². The van der Waals surface area contributed by atoms with Crippen molar-refractivity contribution < 1.29 is 5.11 Å². The lowest BCUT2D eigenvalue weighted by molar-refractivity contribution is 0.285. The van der Waals surface area contributed by atoms with Gasteiger partial charge < -0.3 is 16.2 Å². The summed E-state index contributed by atoms with van der Waals surface area (Å²) in [5, 5.41) is 11.6. The predicted octanol–water partition coefficient (Wildman–Crippen LogP) is -0.174. The van der Waals surface area contributed by atoms with E-state index in [0.29, 0.717) is 18.5 Å². The third kappa shape index (κ3) is 4.18. The first-order valence-corrected chi connectivity index (χ1v) is 4.50. The monoisotopic (exact) mass is 171 g/mol. The van der Waals surface area contributed by atoms with Gasteiger partial charge >= 0.3 is 0 Å². The average molecular weight is 171 g/mol. The molecule has 1 rings (SSSR count). The molecule has 0 aromatic heterocycles. The van der Waals surface area contributed by atoms with Crippen LogP contribution in [0.4, 0.5) is 0 Å². The van der Waals surface area contributed by atoms with Gasteiger partial charge in [0.2, 0.25) is 0 Å². The van der Waals surface area contributed by atoms with Crippen LogP contribution in [0.5, 0.6) is 0 Å². The fraction of sp³-hybridized carbons (Fsp3) is 0.875. The van der Waals surface area contributed by atoms with Gasteiger partial charge in [0.1, 0.15) is 0 Å². The normalized spacial score (nSPS) is 17.9. The number of nitrogens with one attached hydrogen (secondary N) is 1. The summed E-state index contributed by atoms with van der Waals surface area (Å²) < 4.78 is 0. The summed E-state index contributed by atoms with van der Waals surface area (Å²) in [5.74, 6) is 0.551. The predicted molar refractivity (Wildman–Crippen MR) is 49.0 cm³/mol. The van der Waals surface area contributed by atoms with Crippen LogP contribution >= 0.6 is 0 Å². The van der Waals surface area contributed by atoms with Crippen molar-refractivity contribution in [1.82, 2.24) is 5.32 Å². The zero-order valence-electron chi connectivity index (χ0n) is 7.29. The molecule has 1 fully saturated rings. The van der Waals surface area contributed by atoms with Crippen LogP contribution in [-0.4, -0.2) is 30.3 Å². The van der Waals surface area contributed by atoms with Gasteiger partial charge in [0, 0.05) is 19.2 Å². The maximum Gasteiger partial charge on any atom is 0.188 e. The first-order valence-electron chi connectivity index (χ1n) is 4.50. The van der Waals surface area contributed by atoms with Crippen molar-refractivity contribution in [2.24, 2.45) is 10.7 Å². The Hall–Kier alpha value is -0.770. The van der Waals surface area contributed by atoms with E-state index in [1.807, 2.05) is 0 Å². The molecule has 0 saturated heterocycles. The molecular weight excluding hydrogens is 154 g/mol. The topological polar surface area (TPSA) is 70.6 Å². The highest BCUT2D eigenvalue weighted by Gasteiger charge is 2.20. The Morgan fingerprint density at radius 1 is 1.50 bits per heavy atom. The Morgan fingerprint density at radius 3 is 2.83 bits per heavy atom. The van der Waals surface area contributed by atoms with Crippen molar-refractivity contribution in [1.29, 1.82) is 0 Å². The van der Waals surface area contributed by atoms with Crippen LogP contribution in [0.2, 0.25) is 0 Å². The number of hydrogen-bond acceptors (Lipinski definition) is 2. The number of unbranched alkanes of at least 4 members (excludes halogenated alkanes) is 1. The van der Waals surface area contributed by atoms with E-state index < -0.39 is 0 Å². The van der Waals surface area contributed by atoms with Gasteiger partial charge in [-0.1, -0.05) is 0 Å². The van der Waals surface area contributed by atoms with Crippen LogP contribution < -0.4 is 11.1 Å². The number of aliphatic imine (C=N–C) groups is 1. The van der Waals surface area contributed by atoms with E-state index in [4.69, 9.17) is 10.8 Å². The minimum atomic E-state index is 0.242. The molecule has 0 amide bonds. The molecule has 4 N–H and O–H groups in total. The first-order chi connectivity index (χ1) is 5.83. The number of aliphatic hydroxyl groups is 1. The highest BCUT2D eigenvalue weighted by molar-refractivity contribution is 5.78. The van der Waals surface area contributed by atoms with Crippen LogP contribution in [0, 0.1) is 0 Å². The summed E-state index contributed by atoms with van der Waals surface area (Å²) in [6, 6.07) is 0.576. The molecule has 70 valence electrons. The lowest BCUT2D eigenvalue weighted by Crippen LogP contribution is -2.33. The summed E-state index contributed by atoms with van der Waals surface area (Å²) in [7, 11) is 0. The van der Waals surface area contributed by atoms with Crippen molar-refractivity contribution in [3.63, 3.8) is 0 Å². The molecule has 0 heterocycles. The lowest BCUT2D eigenvalue weighted by atomic mass is 10.3. The van der Waals surface area contributed by atoms with E-state index in [-0.39, 0.29) is 6.61 Å². The quantitative estimate of drug-likeness (QED) is 0.305. The van der Waals surface area contributed by atoms with Gasteiger partial charge in [-0.3, -0.25) is 4.99 Å². The fourth-order valence-electron chi connectivity index (χ4n) is 0.906. The van der Waals surface area contributed by atoms with Crippen LogP contribution in [0.3, 0.4) is 0 Å². The van der Waals surface area contributed by atoms with Crippen LogP contribution in [0.15, 0.2) is 4.99 Å². The van der Waals surface area contributed by atoms with Crippen LogP contribution in [0.25, 0.3) is 0 Å². The van der Waals surface area contributed by atoms with Crippen molar-refractivity contribution in [3.05, 3.63) is 0 Å². The smallest absolute Gasteiger partial charge is 0.188 e. The first kappa shape index (κ1) is 9.32. The number of rotatable bonds is 5. The maximum absolute atomic E-state index is 8.49. The van der Waals surface area contributed by atoms with Gasteiger partial charge in [-0.25, -0.2) is 0 Å². The molecule has 1 saturated carbocycles. The summed E-state index contributed by atoms with van der Waals surface area (Å²) in [5.41, 5.74) is 5.57. The van der Waals surface area contributed by atoms with Gasteiger partial charge in [0.05, 0.1) is 0 Å². The molecule has 0 unspecified atom stereocenters. The Kier molecular flexibility index (Phi) is 3.87. The molecule has 4 heteroatoms. The summed E-state index contributed by atoms with van der Waals surface area (Å²) >= 11 is 0. The molecule has 0 atom stereocenters. The van der Waals surface area contributed by atoms with E-state index in [9.17, 15) is 0 Å². The Labute approximate surface area is 72.9 Å². The molecule has 4 nitrogen and oxygen atoms in total. The van der Waals surface area contributed by atoms with Gasteiger partial charge in [-0.05, 0) is 25.7 Å². The standard InChI is InChI=1S/C8H17N3O/c9-8(11-7-3-4-7)10-5-1-2-6-12/h7,12H,1-6H2,(H3,9,10,11). The van der Waals surface area contributed by atoms with Crippen LogP contribution in [0.1, 0.15) is 25.7 Å². The van der Waals surface area contributed by atoms with Crippen molar-refractivity contribution >= 4 is 5.96 Å². The maximum atomic E-state index is 8.49. The van der Waals surface area contributed by atoms with Crippen LogP contribution in [-0.2, 0) is 0 Å². The highest BCUT2D eigenvalue weighted by atomic mass is 16.2. The Balaban J connectivity index is 1.99. The minimum Gasteiger partial charge on any atom is -0.396 e. The second kappa shape index (κ2) is 4.98. The average Bonchev–Trinajstić information content (AvgIpc) is 2.82. The van der Waals surface area contributed by atoms with E-state index in [0.717, 1.165) is 12.8 Å². The fourth-order valence-corrected chi connectivity index (χ4v) is 0.906. The SMILES string of the molecule is NC(=NCCCCO)NC1CC1. The molecule has 0 aromatic rings. The number of hydrogen-bond donors (Lipinski definition) is 3. The molecule has 0 radical (unpaired) electrons.